The summed E-state index contributed by atoms with van der Waals surface area (Å²) in [4.78, 5) is 0. The second kappa shape index (κ2) is 8.87. The van der Waals surface area contributed by atoms with Crippen molar-refractivity contribution in [3.05, 3.63) is 63.9 Å². The maximum absolute atomic E-state index is 6.07. The molecule has 0 spiro atoms. The lowest BCUT2D eigenvalue weighted by Crippen LogP contribution is -2.10. The van der Waals surface area contributed by atoms with E-state index in [1.165, 1.54) is 0 Å². The van der Waals surface area contributed by atoms with Crippen LogP contribution in [0.3, 0.4) is 0 Å². The Kier molecular flexibility index (Phi) is 6.52. The van der Waals surface area contributed by atoms with Gasteiger partial charge in [0.2, 0.25) is 0 Å². The number of nitrogens with zero attached hydrogens (tertiary/aromatic N) is 3. The largest absolute Gasteiger partial charge is 0.497 e. The highest BCUT2D eigenvalue weighted by Crippen LogP contribution is 2.28. The van der Waals surface area contributed by atoms with Crippen LogP contribution in [0.2, 0.25) is 10.0 Å². The highest BCUT2D eigenvalue weighted by atomic mass is 35.5. The first-order chi connectivity index (χ1) is 13.0. The van der Waals surface area contributed by atoms with Crippen LogP contribution in [0.25, 0.3) is 0 Å². The van der Waals surface area contributed by atoms with Crippen LogP contribution >= 0.6 is 35.0 Å². The molecule has 0 aliphatic heterocycles. The Labute approximate surface area is 172 Å². The van der Waals surface area contributed by atoms with Crippen molar-refractivity contribution in [2.45, 2.75) is 23.9 Å². The van der Waals surface area contributed by atoms with E-state index in [2.05, 4.69) is 10.2 Å². The van der Waals surface area contributed by atoms with Crippen LogP contribution in [-0.4, -0.2) is 21.9 Å². The number of thioether (sulfide) groups is 1. The zero-order valence-electron chi connectivity index (χ0n) is 15.1. The molecule has 0 aliphatic carbocycles. The molecule has 1 atom stereocenters. The molecule has 1 aromatic heterocycles. The van der Waals surface area contributed by atoms with Gasteiger partial charge in [-0.1, -0.05) is 41.0 Å². The van der Waals surface area contributed by atoms with E-state index in [0.29, 0.717) is 10.0 Å². The Morgan fingerprint density at radius 2 is 1.74 bits per heavy atom. The third kappa shape index (κ3) is 4.89. The summed E-state index contributed by atoms with van der Waals surface area (Å²) in [5.41, 5.74) is 1.07. The van der Waals surface area contributed by atoms with Gasteiger partial charge in [-0.05, 0) is 48.9 Å². The average molecular weight is 424 g/mol. The minimum absolute atomic E-state index is 0.241. The highest BCUT2D eigenvalue weighted by Gasteiger charge is 2.17. The molecule has 0 radical (unpaired) electrons. The van der Waals surface area contributed by atoms with E-state index in [1.807, 2.05) is 54.9 Å². The number of aromatic nitrogens is 3. The minimum atomic E-state index is -0.241. The number of hydrogen-bond acceptors (Lipinski definition) is 5. The van der Waals surface area contributed by atoms with Gasteiger partial charge < -0.3 is 14.0 Å². The number of halogens is 2. The molecule has 27 heavy (non-hydrogen) atoms. The molecule has 142 valence electrons. The lowest BCUT2D eigenvalue weighted by Gasteiger charge is -2.14. The van der Waals surface area contributed by atoms with Gasteiger partial charge in [0.15, 0.2) is 17.1 Å². The third-order valence-electron chi connectivity index (χ3n) is 3.96. The molecular weight excluding hydrogens is 405 g/mol. The van der Waals surface area contributed by atoms with E-state index in [1.54, 1.807) is 24.9 Å². The van der Waals surface area contributed by atoms with E-state index >= 15 is 0 Å². The van der Waals surface area contributed by atoms with Crippen molar-refractivity contribution in [2.75, 3.05) is 7.11 Å². The smallest absolute Gasteiger partial charge is 0.191 e. The molecule has 8 heteroatoms. The third-order valence-corrected chi connectivity index (χ3v) is 5.79. The molecule has 3 aromatic rings. The molecule has 0 amide bonds. The van der Waals surface area contributed by atoms with Gasteiger partial charge in [-0.2, -0.15) is 0 Å². The maximum Gasteiger partial charge on any atom is 0.191 e. The lowest BCUT2D eigenvalue weighted by atomic mass is 10.2. The molecular formula is C19H19Cl2N3O2S. The molecule has 1 unspecified atom stereocenters. The van der Waals surface area contributed by atoms with Crippen molar-refractivity contribution in [1.82, 2.24) is 14.8 Å². The van der Waals surface area contributed by atoms with Gasteiger partial charge in [0.1, 0.15) is 11.5 Å². The molecule has 1 heterocycles. The van der Waals surface area contributed by atoms with Crippen molar-refractivity contribution in [3.8, 4) is 11.5 Å². The van der Waals surface area contributed by atoms with Crippen molar-refractivity contribution in [3.63, 3.8) is 0 Å². The minimum Gasteiger partial charge on any atom is -0.497 e. The molecule has 2 aromatic carbocycles. The number of ether oxygens (including phenoxy) is 2. The summed E-state index contributed by atoms with van der Waals surface area (Å²) < 4.78 is 13.1. The number of hydrogen-bond donors (Lipinski definition) is 0. The Hall–Kier alpha value is -1.89. The average Bonchev–Trinajstić information content (AvgIpc) is 3.04. The number of methoxy groups -OCH3 is 1. The molecule has 0 saturated carbocycles. The van der Waals surface area contributed by atoms with Crippen molar-refractivity contribution < 1.29 is 9.47 Å². The fourth-order valence-electron chi connectivity index (χ4n) is 2.49. The summed E-state index contributed by atoms with van der Waals surface area (Å²) in [6.45, 7) is 1.95. The van der Waals surface area contributed by atoms with Crippen LogP contribution in [0.1, 0.15) is 24.4 Å². The first-order valence-electron chi connectivity index (χ1n) is 8.24. The van der Waals surface area contributed by atoms with Crippen LogP contribution in [0.4, 0.5) is 0 Å². The molecule has 0 saturated heterocycles. The van der Waals surface area contributed by atoms with Gasteiger partial charge in [0, 0.05) is 12.8 Å². The van der Waals surface area contributed by atoms with Gasteiger partial charge in [-0.3, -0.25) is 0 Å². The van der Waals surface area contributed by atoms with E-state index in [4.69, 9.17) is 32.7 Å². The highest BCUT2D eigenvalue weighted by molar-refractivity contribution is 7.98. The summed E-state index contributed by atoms with van der Waals surface area (Å²) in [6, 6.07) is 13.1. The summed E-state index contributed by atoms with van der Waals surface area (Å²) in [5.74, 6) is 3.00. The predicted molar refractivity (Wildman–Crippen MR) is 109 cm³/mol. The van der Waals surface area contributed by atoms with Gasteiger partial charge in [0.25, 0.3) is 0 Å². The van der Waals surface area contributed by atoms with Gasteiger partial charge >= 0.3 is 0 Å². The van der Waals surface area contributed by atoms with E-state index in [-0.39, 0.29) is 6.10 Å². The Morgan fingerprint density at radius 3 is 2.41 bits per heavy atom. The molecule has 0 fully saturated rings. The molecule has 0 N–H and O–H groups in total. The van der Waals surface area contributed by atoms with Crippen LogP contribution in [0.15, 0.2) is 47.6 Å². The fourth-order valence-corrected chi connectivity index (χ4v) is 3.68. The molecule has 0 aliphatic rings. The van der Waals surface area contributed by atoms with Crippen LogP contribution in [0, 0.1) is 0 Å². The van der Waals surface area contributed by atoms with Crippen molar-refractivity contribution in [1.29, 1.82) is 0 Å². The fraction of sp³-hybridized carbons (Fsp3) is 0.263. The molecule has 3 rings (SSSR count). The summed E-state index contributed by atoms with van der Waals surface area (Å²) in [6.07, 6.45) is -0.241. The normalized spacial score (nSPS) is 12.0. The number of rotatable bonds is 7. The Balaban J connectivity index is 1.65. The molecule has 5 nitrogen and oxygen atoms in total. The van der Waals surface area contributed by atoms with E-state index in [9.17, 15) is 0 Å². The second-order valence-corrected chi connectivity index (χ2v) is 7.63. The summed E-state index contributed by atoms with van der Waals surface area (Å²) in [5, 5.41) is 10.5. The van der Waals surface area contributed by atoms with E-state index in [0.717, 1.165) is 33.8 Å². The van der Waals surface area contributed by atoms with Crippen LogP contribution in [0.5, 0.6) is 11.5 Å². The van der Waals surface area contributed by atoms with Gasteiger partial charge in [-0.15, -0.1) is 10.2 Å². The number of benzene rings is 2. The zero-order chi connectivity index (χ0) is 19.4. The Bertz CT molecular complexity index is 916. The van der Waals surface area contributed by atoms with Crippen LogP contribution in [-0.2, 0) is 12.8 Å². The summed E-state index contributed by atoms with van der Waals surface area (Å²) >= 11 is 13.6. The van der Waals surface area contributed by atoms with Crippen LogP contribution < -0.4 is 9.47 Å². The lowest BCUT2D eigenvalue weighted by molar-refractivity contribution is 0.211. The zero-order valence-corrected chi connectivity index (χ0v) is 17.5. The topological polar surface area (TPSA) is 49.2 Å². The summed E-state index contributed by atoms with van der Waals surface area (Å²) in [7, 11) is 3.57. The van der Waals surface area contributed by atoms with Gasteiger partial charge in [-0.25, -0.2) is 0 Å². The monoisotopic (exact) mass is 423 g/mol. The second-order valence-electron chi connectivity index (χ2n) is 5.87. The van der Waals surface area contributed by atoms with Crippen molar-refractivity contribution >= 4 is 35.0 Å². The first-order valence-corrected chi connectivity index (χ1v) is 9.99. The molecule has 0 bridgehead atoms. The standard InChI is InChI=1S/C19H19Cl2N3O2S/c1-12(26-15-7-5-14(25-3)6-8-15)18-22-23-19(24(18)2)27-11-13-4-9-16(20)17(21)10-13/h4-10,12H,11H2,1-3H3. The first kappa shape index (κ1) is 19.9. The Morgan fingerprint density at radius 1 is 1.04 bits per heavy atom. The maximum atomic E-state index is 6.07. The van der Waals surface area contributed by atoms with Crippen molar-refractivity contribution in [2.24, 2.45) is 7.05 Å². The predicted octanol–water partition coefficient (Wildman–Crippen LogP) is 5.56. The quantitative estimate of drug-likeness (QED) is 0.465. The SMILES string of the molecule is COc1ccc(OC(C)c2nnc(SCc3ccc(Cl)c(Cl)c3)n2C)cc1. The van der Waals surface area contributed by atoms with E-state index < -0.39 is 0 Å². The van der Waals surface area contributed by atoms with Gasteiger partial charge in [0.05, 0.1) is 17.2 Å².